The normalized spacial score (nSPS) is 16.2. The molecule has 3 rings (SSSR count). The van der Waals surface area contributed by atoms with Crippen molar-refractivity contribution >= 4 is 5.91 Å². The third-order valence-electron chi connectivity index (χ3n) is 4.47. The summed E-state index contributed by atoms with van der Waals surface area (Å²) < 4.78 is 32.3. The highest BCUT2D eigenvalue weighted by molar-refractivity contribution is 5.78. The lowest BCUT2D eigenvalue weighted by molar-refractivity contribution is -0.120. The third kappa shape index (κ3) is 5.09. The average Bonchev–Trinajstić information content (AvgIpc) is 2.63. The van der Waals surface area contributed by atoms with Gasteiger partial charge in [0.15, 0.2) is 0 Å². The van der Waals surface area contributed by atoms with Crippen LogP contribution in [0, 0.1) is 11.6 Å². The van der Waals surface area contributed by atoms with Gasteiger partial charge < -0.3 is 10.1 Å². The van der Waals surface area contributed by atoms with Gasteiger partial charge in [-0.15, -0.1) is 0 Å². The van der Waals surface area contributed by atoms with Crippen molar-refractivity contribution in [1.29, 1.82) is 0 Å². The maximum absolute atomic E-state index is 13.7. The van der Waals surface area contributed by atoms with Crippen LogP contribution in [0.1, 0.15) is 17.2 Å². The highest BCUT2D eigenvalue weighted by atomic mass is 19.1. The summed E-state index contributed by atoms with van der Waals surface area (Å²) in [5, 5.41) is 2.90. The molecule has 2 aromatic rings. The van der Waals surface area contributed by atoms with Crippen LogP contribution in [0.25, 0.3) is 0 Å². The molecule has 0 aromatic heterocycles. The predicted octanol–water partition coefficient (Wildman–Crippen LogP) is 2.70. The molecule has 0 aliphatic carbocycles. The van der Waals surface area contributed by atoms with E-state index >= 15 is 0 Å². The van der Waals surface area contributed by atoms with Crippen LogP contribution >= 0.6 is 0 Å². The Morgan fingerprint density at radius 3 is 2.46 bits per heavy atom. The van der Waals surface area contributed by atoms with Crippen LogP contribution in [0.4, 0.5) is 8.78 Å². The molecule has 1 N–H and O–H groups in total. The SMILES string of the molecule is O=C(Cc1cccc(F)c1)NC[C@@H](c1cccc(F)c1)N1CCOCC1. The first kappa shape index (κ1) is 18.5. The van der Waals surface area contributed by atoms with Gasteiger partial charge in [0, 0.05) is 19.6 Å². The van der Waals surface area contributed by atoms with Gasteiger partial charge in [0.25, 0.3) is 0 Å². The third-order valence-corrected chi connectivity index (χ3v) is 4.47. The molecule has 1 saturated heterocycles. The summed E-state index contributed by atoms with van der Waals surface area (Å²) in [6.45, 7) is 3.03. The van der Waals surface area contributed by atoms with Gasteiger partial charge in [-0.1, -0.05) is 24.3 Å². The summed E-state index contributed by atoms with van der Waals surface area (Å²) >= 11 is 0. The second-order valence-corrected chi connectivity index (χ2v) is 6.33. The molecule has 0 spiro atoms. The Morgan fingerprint density at radius 1 is 1.08 bits per heavy atom. The number of hydrogen-bond donors (Lipinski definition) is 1. The summed E-state index contributed by atoms with van der Waals surface area (Å²) in [4.78, 5) is 14.4. The van der Waals surface area contributed by atoms with Crippen molar-refractivity contribution in [3.05, 3.63) is 71.3 Å². The number of nitrogens with zero attached hydrogens (tertiary/aromatic N) is 1. The number of morpholine rings is 1. The van der Waals surface area contributed by atoms with E-state index in [4.69, 9.17) is 4.74 Å². The molecule has 0 saturated carbocycles. The minimum atomic E-state index is -0.360. The summed E-state index contributed by atoms with van der Waals surface area (Å²) in [7, 11) is 0. The maximum Gasteiger partial charge on any atom is 0.224 e. The van der Waals surface area contributed by atoms with Gasteiger partial charge in [-0.3, -0.25) is 9.69 Å². The van der Waals surface area contributed by atoms with Crippen LogP contribution < -0.4 is 5.32 Å². The van der Waals surface area contributed by atoms with Crippen molar-refractivity contribution in [3.63, 3.8) is 0 Å². The zero-order valence-electron chi connectivity index (χ0n) is 14.5. The van der Waals surface area contributed by atoms with Gasteiger partial charge in [0.2, 0.25) is 5.91 Å². The molecule has 1 heterocycles. The van der Waals surface area contributed by atoms with Crippen LogP contribution in [0.2, 0.25) is 0 Å². The van der Waals surface area contributed by atoms with Gasteiger partial charge in [-0.25, -0.2) is 8.78 Å². The first-order valence-electron chi connectivity index (χ1n) is 8.70. The monoisotopic (exact) mass is 360 g/mol. The van der Waals surface area contributed by atoms with Gasteiger partial charge >= 0.3 is 0 Å². The van der Waals surface area contributed by atoms with E-state index in [2.05, 4.69) is 10.2 Å². The number of benzene rings is 2. The van der Waals surface area contributed by atoms with Crippen LogP contribution in [0.5, 0.6) is 0 Å². The number of halogens is 2. The summed E-state index contributed by atoms with van der Waals surface area (Å²) in [6, 6.07) is 12.3. The molecule has 0 bridgehead atoms. The molecule has 138 valence electrons. The van der Waals surface area contributed by atoms with E-state index in [1.54, 1.807) is 18.2 Å². The standard InChI is InChI=1S/C20H22F2N2O2/c21-17-5-1-3-15(11-17)12-20(25)23-14-19(24-7-9-26-10-8-24)16-4-2-6-18(22)13-16/h1-6,11,13,19H,7-10,12,14H2,(H,23,25)/t19-/m0/s1. The molecular weight excluding hydrogens is 338 g/mol. The molecule has 1 fully saturated rings. The molecule has 26 heavy (non-hydrogen) atoms. The van der Waals surface area contributed by atoms with Crippen molar-refractivity contribution < 1.29 is 18.3 Å². The molecule has 6 heteroatoms. The van der Waals surface area contributed by atoms with Crippen molar-refractivity contribution in [3.8, 4) is 0 Å². The Labute approximate surface area is 151 Å². The van der Waals surface area contributed by atoms with Gasteiger partial charge in [-0.05, 0) is 35.4 Å². The average molecular weight is 360 g/mol. The molecule has 1 aliphatic rings. The van der Waals surface area contributed by atoms with Crippen LogP contribution in [-0.2, 0) is 16.0 Å². The molecule has 0 radical (unpaired) electrons. The highest BCUT2D eigenvalue weighted by Gasteiger charge is 2.23. The Bertz CT molecular complexity index is 748. The minimum absolute atomic E-state index is 0.108. The van der Waals surface area contributed by atoms with Crippen LogP contribution in [0.3, 0.4) is 0 Å². The Balaban J connectivity index is 1.66. The summed E-state index contributed by atoms with van der Waals surface area (Å²) in [5.74, 6) is -0.849. The zero-order chi connectivity index (χ0) is 18.4. The fourth-order valence-corrected chi connectivity index (χ4v) is 3.17. The zero-order valence-corrected chi connectivity index (χ0v) is 14.5. The predicted molar refractivity (Wildman–Crippen MR) is 94.6 cm³/mol. The first-order valence-corrected chi connectivity index (χ1v) is 8.70. The van der Waals surface area contributed by atoms with Gasteiger partial charge in [-0.2, -0.15) is 0 Å². The molecule has 1 aliphatic heterocycles. The lowest BCUT2D eigenvalue weighted by atomic mass is 10.0. The number of carbonyl (C=O) groups excluding carboxylic acids is 1. The maximum atomic E-state index is 13.7. The molecule has 0 unspecified atom stereocenters. The van der Waals surface area contributed by atoms with E-state index in [-0.39, 0.29) is 30.0 Å². The number of rotatable bonds is 6. The second kappa shape index (κ2) is 8.87. The summed E-state index contributed by atoms with van der Waals surface area (Å²) in [5.41, 5.74) is 1.44. The summed E-state index contributed by atoms with van der Waals surface area (Å²) in [6.07, 6.45) is 0.108. The van der Waals surface area contributed by atoms with Crippen molar-refractivity contribution in [1.82, 2.24) is 10.2 Å². The fourth-order valence-electron chi connectivity index (χ4n) is 3.17. The highest BCUT2D eigenvalue weighted by Crippen LogP contribution is 2.22. The Morgan fingerprint density at radius 2 is 1.77 bits per heavy atom. The Kier molecular flexibility index (Phi) is 6.30. The molecule has 1 atom stereocenters. The van der Waals surface area contributed by atoms with E-state index in [0.717, 1.165) is 18.7 Å². The minimum Gasteiger partial charge on any atom is -0.379 e. The Hall–Kier alpha value is -2.31. The topological polar surface area (TPSA) is 41.6 Å². The molecule has 4 nitrogen and oxygen atoms in total. The van der Waals surface area contributed by atoms with E-state index in [9.17, 15) is 13.6 Å². The number of amides is 1. The van der Waals surface area contributed by atoms with E-state index < -0.39 is 0 Å². The second-order valence-electron chi connectivity index (χ2n) is 6.33. The largest absolute Gasteiger partial charge is 0.379 e. The lowest BCUT2D eigenvalue weighted by Gasteiger charge is -2.35. The molecule has 2 aromatic carbocycles. The van der Waals surface area contributed by atoms with Crippen LogP contribution in [0.15, 0.2) is 48.5 Å². The lowest BCUT2D eigenvalue weighted by Crippen LogP contribution is -2.44. The number of nitrogens with one attached hydrogen (secondary N) is 1. The molecule has 1 amide bonds. The van der Waals surface area contributed by atoms with E-state index in [1.165, 1.54) is 24.3 Å². The smallest absolute Gasteiger partial charge is 0.224 e. The fraction of sp³-hybridized carbons (Fsp3) is 0.350. The van der Waals surface area contributed by atoms with Crippen LogP contribution in [-0.4, -0.2) is 43.7 Å². The first-order chi connectivity index (χ1) is 12.6. The molecular formula is C20H22F2N2O2. The number of hydrogen-bond acceptors (Lipinski definition) is 3. The van der Waals surface area contributed by atoms with Gasteiger partial charge in [0.05, 0.1) is 25.7 Å². The van der Waals surface area contributed by atoms with Crippen molar-refractivity contribution in [2.75, 3.05) is 32.8 Å². The van der Waals surface area contributed by atoms with Gasteiger partial charge in [0.1, 0.15) is 11.6 Å². The number of carbonyl (C=O) groups is 1. The van der Waals surface area contributed by atoms with E-state index in [1.807, 2.05) is 6.07 Å². The van der Waals surface area contributed by atoms with E-state index in [0.29, 0.717) is 25.3 Å². The quantitative estimate of drug-likeness (QED) is 0.861. The van der Waals surface area contributed by atoms with Crippen molar-refractivity contribution in [2.24, 2.45) is 0 Å². The number of ether oxygens (including phenoxy) is 1. The van der Waals surface area contributed by atoms with Crippen molar-refractivity contribution in [2.45, 2.75) is 12.5 Å².